The van der Waals surface area contributed by atoms with Crippen LogP contribution in [-0.4, -0.2) is 24.5 Å². The van der Waals surface area contributed by atoms with Gasteiger partial charge in [0.15, 0.2) is 0 Å². The quantitative estimate of drug-likeness (QED) is 0.852. The van der Waals surface area contributed by atoms with E-state index in [0.29, 0.717) is 6.04 Å². The molecule has 0 radical (unpaired) electrons. The number of hydrogen-bond donors (Lipinski definition) is 2. The van der Waals surface area contributed by atoms with Gasteiger partial charge in [-0.25, -0.2) is 0 Å². The summed E-state index contributed by atoms with van der Waals surface area (Å²) in [6, 6.07) is 10.9. The van der Waals surface area contributed by atoms with Crippen LogP contribution in [-0.2, 0) is 11.2 Å². The number of carbonyl (C=O) groups is 1. The molecule has 1 aromatic carbocycles. The van der Waals surface area contributed by atoms with Gasteiger partial charge >= 0.3 is 0 Å². The number of hydrogen-bond acceptors (Lipinski definition) is 2. The second-order valence-electron chi connectivity index (χ2n) is 5.43. The van der Waals surface area contributed by atoms with E-state index in [9.17, 15) is 4.79 Å². The maximum absolute atomic E-state index is 11.9. The van der Waals surface area contributed by atoms with Crippen LogP contribution in [0.15, 0.2) is 30.3 Å². The Morgan fingerprint density at radius 1 is 1.32 bits per heavy atom. The monoisotopic (exact) mass is 260 g/mol. The van der Waals surface area contributed by atoms with Crippen molar-refractivity contribution < 1.29 is 4.79 Å². The van der Waals surface area contributed by atoms with Crippen molar-refractivity contribution in [2.24, 2.45) is 0 Å². The zero-order valence-corrected chi connectivity index (χ0v) is 11.7. The van der Waals surface area contributed by atoms with E-state index in [2.05, 4.69) is 41.8 Å². The predicted octanol–water partition coefficient (Wildman–Crippen LogP) is 2.27. The maximum atomic E-state index is 11.9. The molecule has 1 saturated heterocycles. The summed E-state index contributed by atoms with van der Waals surface area (Å²) < 4.78 is 0. The van der Waals surface area contributed by atoms with E-state index in [1.165, 1.54) is 5.56 Å². The highest BCUT2D eigenvalue weighted by Crippen LogP contribution is 2.09. The fourth-order valence-electron chi connectivity index (χ4n) is 2.55. The van der Waals surface area contributed by atoms with Crippen molar-refractivity contribution in [1.82, 2.24) is 10.6 Å². The number of aryl methyl sites for hydroxylation is 1. The van der Waals surface area contributed by atoms with Crippen LogP contribution >= 0.6 is 0 Å². The third kappa shape index (κ3) is 4.67. The van der Waals surface area contributed by atoms with Gasteiger partial charge in [-0.15, -0.1) is 0 Å². The number of benzene rings is 1. The van der Waals surface area contributed by atoms with Crippen LogP contribution in [0.4, 0.5) is 0 Å². The Morgan fingerprint density at radius 2 is 2.11 bits per heavy atom. The van der Waals surface area contributed by atoms with Gasteiger partial charge in [-0.1, -0.05) is 30.3 Å². The first kappa shape index (κ1) is 14.1. The molecule has 0 unspecified atom stereocenters. The summed E-state index contributed by atoms with van der Waals surface area (Å²) in [5.74, 6) is 0.170. The molecule has 0 spiro atoms. The topological polar surface area (TPSA) is 41.1 Å². The van der Waals surface area contributed by atoms with Crippen LogP contribution in [0.3, 0.4) is 0 Å². The van der Waals surface area contributed by atoms with Crippen molar-refractivity contribution in [2.75, 3.05) is 6.54 Å². The van der Waals surface area contributed by atoms with Gasteiger partial charge in [0.1, 0.15) is 0 Å². The lowest BCUT2D eigenvalue weighted by atomic mass is 10.0. The van der Waals surface area contributed by atoms with E-state index in [1.807, 2.05) is 6.07 Å². The van der Waals surface area contributed by atoms with E-state index >= 15 is 0 Å². The lowest BCUT2D eigenvalue weighted by molar-refractivity contribution is -0.123. The zero-order chi connectivity index (χ0) is 13.5. The summed E-state index contributed by atoms with van der Waals surface area (Å²) >= 11 is 0. The molecule has 19 heavy (non-hydrogen) atoms. The summed E-state index contributed by atoms with van der Waals surface area (Å²) in [5.41, 5.74) is 1.36. The molecule has 2 atom stereocenters. The molecule has 0 aliphatic carbocycles. The van der Waals surface area contributed by atoms with Crippen LogP contribution in [0.5, 0.6) is 0 Å². The molecule has 1 aromatic rings. The average Bonchev–Trinajstić information content (AvgIpc) is 2.63. The first-order valence-electron chi connectivity index (χ1n) is 7.33. The smallest absolute Gasteiger partial charge is 0.237 e. The van der Waals surface area contributed by atoms with Crippen LogP contribution < -0.4 is 10.6 Å². The Balaban J connectivity index is 1.77. The molecule has 104 valence electrons. The fraction of sp³-hybridized carbons (Fsp3) is 0.562. The molecule has 1 aliphatic rings. The van der Waals surface area contributed by atoms with Crippen LogP contribution in [0.2, 0.25) is 0 Å². The third-order valence-electron chi connectivity index (χ3n) is 3.73. The molecule has 1 amide bonds. The molecule has 0 saturated carbocycles. The van der Waals surface area contributed by atoms with E-state index in [1.54, 1.807) is 0 Å². The minimum absolute atomic E-state index is 0.00623. The summed E-state index contributed by atoms with van der Waals surface area (Å²) in [6.07, 6.45) is 5.31. The van der Waals surface area contributed by atoms with Gasteiger partial charge in [0.25, 0.3) is 0 Å². The third-order valence-corrected chi connectivity index (χ3v) is 3.73. The molecular weight excluding hydrogens is 236 g/mol. The Kier molecular flexibility index (Phi) is 5.40. The number of rotatable bonds is 5. The second-order valence-corrected chi connectivity index (χ2v) is 5.43. The first-order valence-corrected chi connectivity index (χ1v) is 7.33. The summed E-state index contributed by atoms with van der Waals surface area (Å²) in [7, 11) is 0. The van der Waals surface area contributed by atoms with Gasteiger partial charge in [-0.2, -0.15) is 0 Å². The minimum Gasteiger partial charge on any atom is -0.355 e. The molecule has 2 rings (SSSR count). The van der Waals surface area contributed by atoms with Crippen molar-refractivity contribution in [3.8, 4) is 0 Å². The van der Waals surface area contributed by atoms with Crippen molar-refractivity contribution >= 4 is 5.91 Å². The molecule has 3 nitrogen and oxygen atoms in total. The summed E-state index contributed by atoms with van der Waals surface area (Å²) in [5, 5.41) is 6.44. The van der Waals surface area contributed by atoms with Crippen molar-refractivity contribution in [3.05, 3.63) is 35.9 Å². The molecule has 0 aromatic heterocycles. The zero-order valence-electron chi connectivity index (χ0n) is 11.7. The standard InChI is InChI=1S/C16H24N2O/c1-13(10-11-14-7-3-2-4-8-14)18-15-9-5-6-12-17-16(15)19/h2-4,7-8,13,15,18H,5-6,9-12H2,1H3,(H,17,19)/t13-,15-/m1/s1. The van der Waals surface area contributed by atoms with E-state index < -0.39 is 0 Å². The molecule has 0 bridgehead atoms. The Morgan fingerprint density at radius 3 is 2.89 bits per heavy atom. The summed E-state index contributed by atoms with van der Waals surface area (Å²) in [4.78, 5) is 11.9. The molecule has 3 heteroatoms. The Labute approximate surface area is 115 Å². The Hall–Kier alpha value is -1.35. The first-order chi connectivity index (χ1) is 9.25. The normalized spacial score (nSPS) is 21.5. The highest BCUT2D eigenvalue weighted by atomic mass is 16.2. The highest BCUT2D eigenvalue weighted by molar-refractivity contribution is 5.81. The van der Waals surface area contributed by atoms with Crippen molar-refractivity contribution in [2.45, 2.75) is 51.1 Å². The van der Waals surface area contributed by atoms with Gasteiger partial charge in [-0.05, 0) is 44.6 Å². The lowest BCUT2D eigenvalue weighted by Crippen LogP contribution is -2.46. The molecule has 1 aliphatic heterocycles. The molecule has 2 N–H and O–H groups in total. The Bertz CT molecular complexity index is 391. The maximum Gasteiger partial charge on any atom is 0.237 e. The van der Waals surface area contributed by atoms with Crippen LogP contribution in [0, 0.1) is 0 Å². The number of carbonyl (C=O) groups excluding carboxylic acids is 1. The van der Waals surface area contributed by atoms with Crippen molar-refractivity contribution in [1.29, 1.82) is 0 Å². The van der Waals surface area contributed by atoms with Gasteiger partial charge < -0.3 is 10.6 Å². The van der Waals surface area contributed by atoms with E-state index in [0.717, 1.165) is 38.6 Å². The van der Waals surface area contributed by atoms with Crippen LogP contribution in [0.25, 0.3) is 0 Å². The van der Waals surface area contributed by atoms with E-state index in [4.69, 9.17) is 0 Å². The predicted molar refractivity (Wildman–Crippen MR) is 78.0 cm³/mol. The van der Waals surface area contributed by atoms with Crippen LogP contribution in [0.1, 0.15) is 38.2 Å². The SMILES string of the molecule is C[C@H](CCc1ccccc1)N[C@@H]1CCCCNC1=O. The van der Waals surface area contributed by atoms with Gasteiger partial charge in [0, 0.05) is 12.6 Å². The highest BCUT2D eigenvalue weighted by Gasteiger charge is 2.21. The van der Waals surface area contributed by atoms with Crippen molar-refractivity contribution in [3.63, 3.8) is 0 Å². The lowest BCUT2D eigenvalue weighted by Gasteiger charge is -2.21. The second kappa shape index (κ2) is 7.29. The summed E-state index contributed by atoms with van der Waals surface area (Å²) in [6.45, 7) is 3.00. The molecular formula is C16H24N2O. The van der Waals surface area contributed by atoms with Gasteiger partial charge in [0.05, 0.1) is 6.04 Å². The molecule has 1 heterocycles. The van der Waals surface area contributed by atoms with Gasteiger partial charge in [0.2, 0.25) is 5.91 Å². The van der Waals surface area contributed by atoms with Gasteiger partial charge in [-0.3, -0.25) is 4.79 Å². The largest absolute Gasteiger partial charge is 0.355 e. The minimum atomic E-state index is -0.00623. The average molecular weight is 260 g/mol. The molecule has 1 fully saturated rings. The van der Waals surface area contributed by atoms with E-state index in [-0.39, 0.29) is 11.9 Å². The fourth-order valence-corrected chi connectivity index (χ4v) is 2.55. The number of nitrogens with one attached hydrogen (secondary N) is 2. The number of amides is 1.